The minimum absolute atomic E-state index is 0.359. The first-order valence-electron chi connectivity index (χ1n) is 6.42. The van der Waals surface area contributed by atoms with E-state index in [1.165, 1.54) is 0 Å². The van der Waals surface area contributed by atoms with Crippen LogP contribution in [0.1, 0.15) is 24.0 Å². The molecule has 0 aliphatic heterocycles. The molecule has 2 heterocycles. The van der Waals surface area contributed by atoms with Crippen molar-refractivity contribution in [3.63, 3.8) is 0 Å². The molecule has 1 N–H and O–H groups in total. The van der Waals surface area contributed by atoms with Gasteiger partial charge in [0.15, 0.2) is 5.82 Å². The monoisotopic (exact) mass is 295 g/mol. The van der Waals surface area contributed by atoms with Gasteiger partial charge in [0.25, 0.3) is 0 Å². The van der Waals surface area contributed by atoms with Crippen molar-refractivity contribution < 1.29 is 4.74 Å². The number of anilines is 1. The number of aryl methyl sites for hydroxylation is 1. The van der Waals surface area contributed by atoms with Crippen molar-refractivity contribution in [1.29, 1.82) is 0 Å². The molecule has 0 fully saturated rings. The van der Waals surface area contributed by atoms with Crippen molar-refractivity contribution in [2.75, 3.05) is 11.9 Å². The first-order valence-corrected chi connectivity index (χ1v) is 6.80. The summed E-state index contributed by atoms with van der Waals surface area (Å²) in [6, 6.07) is 1.70. The molecule has 2 aromatic rings. The second-order valence-electron chi connectivity index (χ2n) is 4.36. The van der Waals surface area contributed by atoms with Crippen LogP contribution in [-0.4, -0.2) is 26.4 Å². The molecule has 2 rings (SSSR count). The highest BCUT2D eigenvalue weighted by atomic mass is 35.5. The number of hydrogen-bond acceptors (Lipinski definition) is 5. The summed E-state index contributed by atoms with van der Waals surface area (Å²) in [5.74, 6) is 1.26. The Morgan fingerprint density at radius 3 is 2.85 bits per heavy atom. The standard InChI is InChI=1S/C13H18ClN5O/c1-4-20-8-13-17-11(14)5-12(18-13)15-6-10-7-16-19(3)9(10)2/h5,7H,4,6,8H2,1-3H3,(H,15,17,18). The Bertz CT molecular complexity index is 584. The van der Waals surface area contributed by atoms with Crippen molar-refractivity contribution in [2.45, 2.75) is 27.0 Å². The van der Waals surface area contributed by atoms with Crippen LogP contribution in [0.25, 0.3) is 0 Å². The van der Waals surface area contributed by atoms with E-state index in [2.05, 4.69) is 20.4 Å². The van der Waals surface area contributed by atoms with Gasteiger partial charge in [-0.1, -0.05) is 11.6 Å². The molecule has 108 valence electrons. The van der Waals surface area contributed by atoms with Crippen LogP contribution in [0.15, 0.2) is 12.3 Å². The van der Waals surface area contributed by atoms with Gasteiger partial charge in [-0.05, 0) is 13.8 Å². The van der Waals surface area contributed by atoms with Crippen LogP contribution in [-0.2, 0) is 24.9 Å². The van der Waals surface area contributed by atoms with Crippen molar-refractivity contribution in [2.24, 2.45) is 7.05 Å². The first kappa shape index (κ1) is 14.7. The lowest BCUT2D eigenvalue weighted by Gasteiger charge is -2.08. The van der Waals surface area contributed by atoms with Crippen LogP contribution >= 0.6 is 11.6 Å². The molecule has 7 heteroatoms. The molecule has 0 aliphatic rings. The summed E-state index contributed by atoms with van der Waals surface area (Å²) in [4.78, 5) is 8.48. The predicted molar refractivity (Wildman–Crippen MR) is 77.6 cm³/mol. The van der Waals surface area contributed by atoms with E-state index in [9.17, 15) is 0 Å². The Balaban J connectivity index is 2.05. The van der Waals surface area contributed by atoms with E-state index in [1.54, 1.807) is 6.07 Å². The highest BCUT2D eigenvalue weighted by Crippen LogP contribution is 2.14. The van der Waals surface area contributed by atoms with Gasteiger partial charge in [-0.25, -0.2) is 9.97 Å². The molecule has 0 spiro atoms. The molecule has 0 unspecified atom stereocenters. The molecule has 6 nitrogen and oxygen atoms in total. The summed E-state index contributed by atoms with van der Waals surface area (Å²) < 4.78 is 7.13. The zero-order valence-corrected chi connectivity index (χ0v) is 12.6. The van der Waals surface area contributed by atoms with E-state index < -0.39 is 0 Å². The molecule has 0 aromatic carbocycles. The van der Waals surface area contributed by atoms with Crippen LogP contribution in [0.4, 0.5) is 5.82 Å². The molecule has 0 aliphatic carbocycles. The quantitative estimate of drug-likeness (QED) is 0.829. The van der Waals surface area contributed by atoms with Crippen molar-refractivity contribution in [1.82, 2.24) is 19.7 Å². The molecule has 0 bridgehead atoms. The third kappa shape index (κ3) is 3.68. The lowest BCUT2D eigenvalue weighted by atomic mass is 10.2. The molecular formula is C13H18ClN5O. The summed E-state index contributed by atoms with van der Waals surface area (Å²) in [5, 5.41) is 7.83. The Labute approximate surface area is 123 Å². The van der Waals surface area contributed by atoms with Gasteiger partial charge in [-0.2, -0.15) is 5.10 Å². The molecule has 0 amide bonds. The van der Waals surface area contributed by atoms with Gasteiger partial charge in [0, 0.05) is 37.5 Å². The van der Waals surface area contributed by atoms with Crippen molar-refractivity contribution >= 4 is 17.4 Å². The summed E-state index contributed by atoms with van der Waals surface area (Å²) in [5.41, 5.74) is 2.24. The molecule has 0 saturated carbocycles. The molecule has 0 saturated heterocycles. The fourth-order valence-corrected chi connectivity index (χ4v) is 1.92. The topological polar surface area (TPSA) is 64.9 Å². The normalized spacial score (nSPS) is 10.8. The maximum absolute atomic E-state index is 5.98. The second-order valence-corrected chi connectivity index (χ2v) is 4.75. The maximum atomic E-state index is 5.98. The number of ether oxygens (including phenoxy) is 1. The second kappa shape index (κ2) is 6.67. The lowest BCUT2D eigenvalue weighted by Crippen LogP contribution is -2.06. The average Bonchev–Trinajstić information content (AvgIpc) is 2.74. The van der Waals surface area contributed by atoms with Crippen LogP contribution in [0, 0.1) is 6.92 Å². The maximum Gasteiger partial charge on any atom is 0.158 e. The van der Waals surface area contributed by atoms with Gasteiger partial charge in [-0.3, -0.25) is 4.68 Å². The third-order valence-corrected chi connectivity index (χ3v) is 3.17. The first-order chi connectivity index (χ1) is 9.60. The van der Waals surface area contributed by atoms with Gasteiger partial charge in [0.2, 0.25) is 0 Å². The smallest absolute Gasteiger partial charge is 0.158 e. The van der Waals surface area contributed by atoms with Crippen molar-refractivity contribution in [3.05, 3.63) is 34.5 Å². The summed E-state index contributed by atoms with van der Waals surface area (Å²) >= 11 is 5.98. The van der Waals surface area contributed by atoms with E-state index >= 15 is 0 Å². The van der Waals surface area contributed by atoms with E-state index in [0.29, 0.717) is 36.6 Å². The Morgan fingerprint density at radius 2 is 2.20 bits per heavy atom. The highest BCUT2D eigenvalue weighted by molar-refractivity contribution is 6.29. The molecule has 2 aromatic heterocycles. The SMILES string of the molecule is CCOCc1nc(Cl)cc(NCc2cnn(C)c2C)n1. The van der Waals surface area contributed by atoms with Crippen LogP contribution in [0.3, 0.4) is 0 Å². The van der Waals surface area contributed by atoms with E-state index in [1.807, 2.05) is 31.8 Å². The van der Waals surface area contributed by atoms with Crippen LogP contribution in [0.5, 0.6) is 0 Å². The number of aromatic nitrogens is 4. The molecule has 20 heavy (non-hydrogen) atoms. The van der Waals surface area contributed by atoms with Gasteiger partial charge in [-0.15, -0.1) is 0 Å². The summed E-state index contributed by atoms with van der Waals surface area (Å²) in [6.45, 7) is 5.57. The van der Waals surface area contributed by atoms with Gasteiger partial charge in [0.05, 0.1) is 6.20 Å². The van der Waals surface area contributed by atoms with Crippen LogP contribution < -0.4 is 5.32 Å². The third-order valence-electron chi connectivity index (χ3n) is 2.97. The minimum atomic E-state index is 0.359. The lowest BCUT2D eigenvalue weighted by molar-refractivity contribution is 0.128. The largest absolute Gasteiger partial charge is 0.374 e. The Morgan fingerprint density at radius 1 is 1.40 bits per heavy atom. The van der Waals surface area contributed by atoms with E-state index in [-0.39, 0.29) is 0 Å². The Kier molecular flexibility index (Phi) is 4.92. The fourth-order valence-electron chi connectivity index (χ4n) is 1.72. The fraction of sp³-hybridized carbons (Fsp3) is 0.462. The predicted octanol–water partition coefficient (Wildman–Crippen LogP) is 2.32. The minimum Gasteiger partial charge on any atom is -0.374 e. The number of rotatable bonds is 6. The molecule has 0 atom stereocenters. The number of hydrogen-bond donors (Lipinski definition) is 1. The average molecular weight is 296 g/mol. The molecular weight excluding hydrogens is 278 g/mol. The summed E-state index contributed by atoms with van der Waals surface area (Å²) in [6.07, 6.45) is 1.84. The zero-order valence-electron chi connectivity index (χ0n) is 11.9. The number of nitrogens with one attached hydrogen (secondary N) is 1. The van der Waals surface area contributed by atoms with Gasteiger partial charge in [0.1, 0.15) is 17.6 Å². The highest BCUT2D eigenvalue weighted by Gasteiger charge is 2.06. The number of nitrogens with zero attached hydrogens (tertiary/aromatic N) is 4. The van der Waals surface area contributed by atoms with Gasteiger partial charge >= 0.3 is 0 Å². The molecule has 0 radical (unpaired) electrons. The van der Waals surface area contributed by atoms with Crippen molar-refractivity contribution in [3.8, 4) is 0 Å². The number of halogens is 1. The Hall–Kier alpha value is -1.66. The van der Waals surface area contributed by atoms with E-state index in [0.717, 1.165) is 11.3 Å². The zero-order chi connectivity index (χ0) is 14.5. The van der Waals surface area contributed by atoms with Crippen LogP contribution in [0.2, 0.25) is 5.15 Å². The van der Waals surface area contributed by atoms with Gasteiger partial charge < -0.3 is 10.1 Å². The summed E-state index contributed by atoms with van der Waals surface area (Å²) in [7, 11) is 1.92. The van der Waals surface area contributed by atoms with E-state index in [4.69, 9.17) is 16.3 Å².